The van der Waals surface area contributed by atoms with Gasteiger partial charge in [0.25, 0.3) is 5.91 Å². The Kier molecular flexibility index (Phi) is 4.54. The first kappa shape index (κ1) is 17.2. The zero-order valence-electron chi connectivity index (χ0n) is 14.9. The van der Waals surface area contributed by atoms with Crippen LogP contribution in [-0.4, -0.2) is 45.9 Å². The number of piperidine rings is 1. The second kappa shape index (κ2) is 6.85. The summed E-state index contributed by atoms with van der Waals surface area (Å²) in [7, 11) is 0. The van der Waals surface area contributed by atoms with Crippen molar-refractivity contribution in [2.45, 2.75) is 50.4 Å². The van der Waals surface area contributed by atoms with E-state index >= 15 is 0 Å². The molecule has 6 nitrogen and oxygen atoms in total. The molecule has 138 valence electrons. The molecule has 2 aromatic rings. The van der Waals surface area contributed by atoms with Crippen LogP contribution in [0.3, 0.4) is 0 Å². The third-order valence-electron chi connectivity index (χ3n) is 5.47. The zero-order chi connectivity index (χ0) is 18.1. The van der Waals surface area contributed by atoms with Crippen molar-refractivity contribution in [3.05, 3.63) is 53.4 Å². The molecule has 1 amide bonds. The Morgan fingerprint density at radius 1 is 1.27 bits per heavy atom. The summed E-state index contributed by atoms with van der Waals surface area (Å²) >= 11 is 0. The van der Waals surface area contributed by atoms with Gasteiger partial charge >= 0.3 is 0 Å². The second-order valence-electron chi connectivity index (χ2n) is 7.41. The SMILES string of the molecule is Cc1cc(C(=O)N2CCC3(CC2)C[C@H](O)C[C@H](c2ccccc2)O3)no1. The number of carbonyl (C=O) groups is 1. The molecule has 2 saturated heterocycles. The molecule has 2 fully saturated rings. The number of rotatable bonds is 2. The highest BCUT2D eigenvalue weighted by Gasteiger charge is 2.44. The molecule has 0 saturated carbocycles. The molecule has 1 N–H and O–H groups in total. The number of ether oxygens (including phenoxy) is 1. The van der Waals surface area contributed by atoms with Gasteiger partial charge in [-0.2, -0.15) is 0 Å². The van der Waals surface area contributed by atoms with Crippen LogP contribution in [0, 0.1) is 6.92 Å². The van der Waals surface area contributed by atoms with Crippen molar-refractivity contribution < 1.29 is 19.2 Å². The van der Waals surface area contributed by atoms with Crippen molar-refractivity contribution in [2.75, 3.05) is 13.1 Å². The van der Waals surface area contributed by atoms with Crippen LogP contribution >= 0.6 is 0 Å². The number of likely N-dealkylation sites (tertiary alicyclic amines) is 1. The molecule has 1 aromatic carbocycles. The van der Waals surface area contributed by atoms with Gasteiger partial charge in [0.1, 0.15) is 5.76 Å². The first-order valence-electron chi connectivity index (χ1n) is 9.18. The van der Waals surface area contributed by atoms with E-state index in [0.717, 1.165) is 18.4 Å². The quantitative estimate of drug-likeness (QED) is 0.895. The van der Waals surface area contributed by atoms with Gasteiger partial charge in [0.05, 0.1) is 17.8 Å². The molecule has 1 aromatic heterocycles. The predicted molar refractivity (Wildman–Crippen MR) is 94.6 cm³/mol. The van der Waals surface area contributed by atoms with Crippen molar-refractivity contribution in [3.63, 3.8) is 0 Å². The standard InChI is InChI=1S/C20H24N2O4/c1-14-11-17(21-26-14)19(24)22-9-7-20(8-10-22)13-16(23)12-18(25-20)15-5-3-2-4-6-15/h2-6,11,16,18,23H,7-10,12-13H2,1H3/t16-,18-/m1/s1. The highest BCUT2D eigenvalue weighted by molar-refractivity contribution is 5.92. The molecule has 4 rings (SSSR count). The van der Waals surface area contributed by atoms with Gasteiger partial charge in [0, 0.05) is 32.0 Å². The minimum absolute atomic E-state index is 0.0969. The fourth-order valence-electron chi connectivity index (χ4n) is 4.10. The Balaban J connectivity index is 1.44. The fourth-order valence-corrected chi connectivity index (χ4v) is 4.10. The van der Waals surface area contributed by atoms with Crippen molar-refractivity contribution in [1.82, 2.24) is 10.1 Å². The van der Waals surface area contributed by atoms with Crippen LogP contribution in [-0.2, 0) is 4.74 Å². The van der Waals surface area contributed by atoms with Crippen LogP contribution < -0.4 is 0 Å². The van der Waals surface area contributed by atoms with Gasteiger partial charge in [-0.3, -0.25) is 4.79 Å². The lowest BCUT2D eigenvalue weighted by molar-refractivity contribution is -0.181. The molecule has 0 radical (unpaired) electrons. The van der Waals surface area contributed by atoms with Crippen molar-refractivity contribution in [2.24, 2.45) is 0 Å². The maximum atomic E-state index is 12.5. The summed E-state index contributed by atoms with van der Waals surface area (Å²) in [5.74, 6) is 0.527. The number of nitrogens with zero attached hydrogens (tertiary/aromatic N) is 2. The first-order valence-corrected chi connectivity index (χ1v) is 9.18. The van der Waals surface area contributed by atoms with E-state index in [1.165, 1.54) is 0 Å². The second-order valence-corrected chi connectivity index (χ2v) is 7.41. The minimum atomic E-state index is -0.380. The highest BCUT2D eigenvalue weighted by atomic mass is 16.5. The zero-order valence-corrected chi connectivity index (χ0v) is 14.9. The molecule has 6 heteroatoms. The minimum Gasteiger partial charge on any atom is -0.393 e. The topological polar surface area (TPSA) is 75.8 Å². The normalized spacial score (nSPS) is 25.4. The van der Waals surface area contributed by atoms with Gasteiger partial charge < -0.3 is 19.3 Å². The summed E-state index contributed by atoms with van der Waals surface area (Å²) in [4.78, 5) is 14.3. The predicted octanol–water partition coefficient (Wildman–Crippen LogP) is 2.87. The molecule has 3 heterocycles. The Labute approximate surface area is 152 Å². The summed E-state index contributed by atoms with van der Waals surface area (Å²) < 4.78 is 11.5. The van der Waals surface area contributed by atoms with Crippen LogP contribution in [0.5, 0.6) is 0 Å². The number of benzene rings is 1. The van der Waals surface area contributed by atoms with Gasteiger partial charge in [0.15, 0.2) is 5.69 Å². The van der Waals surface area contributed by atoms with Crippen molar-refractivity contribution >= 4 is 5.91 Å². The van der Waals surface area contributed by atoms with Gasteiger partial charge in [-0.1, -0.05) is 35.5 Å². The average Bonchev–Trinajstić information content (AvgIpc) is 3.08. The van der Waals surface area contributed by atoms with E-state index in [9.17, 15) is 9.90 Å². The Hall–Kier alpha value is -2.18. The summed E-state index contributed by atoms with van der Waals surface area (Å²) in [6.45, 7) is 2.97. The maximum absolute atomic E-state index is 12.5. The summed E-state index contributed by atoms with van der Waals surface area (Å²) in [6.07, 6.45) is 2.20. The van der Waals surface area contributed by atoms with Gasteiger partial charge in [-0.25, -0.2) is 0 Å². The number of hydrogen-bond acceptors (Lipinski definition) is 5. The van der Waals surface area contributed by atoms with E-state index in [4.69, 9.17) is 9.26 Å². The molecule has 0 bridgehead atoms. The first-order chi connectivity index (χ1) is 12.5. The van der Waals surface area contributed by atoms with Crippen molar-refractivity contribution in [3.8, 4) is 0 Å². The maximum Gasteiger partial charge on any atom is 0.276 e. The van der Waals surface area contributed by atoms with E-state index in [0.29, 0.717) is 37.4 Å². The van der Waals surface area contributed by atoms with E-state index < -0.39 is 0 Å². The molecule has 26 heavy (non-hydrogen) atoms. The van der Waals surface area contributed by atoms with Gasteiger partial charge in [0.2, 0.25) is 0 Å². The lowest BCUT2D eigenvalue weighted by Crippen LogP contribution is -2.52. The summed E-state index contributed by atoms with van der Waals surface area (Å²) in [5.41, 5.74) is 1.08. The molecule has 2 aliphatic heterocycles. The van der Waals surface area contributed by atoms with E-state index in [2.05, 4.69) is 5.16 Å². The van der Waals surface area contributed by atoms with Crippen LogP contribution in [0.15, 0.2) is 40.9 Å². The third kappa shape index (κ3) is 3.39. The Morgan fingerprint density at radius 3 is 2.65 bits per heavy atom. The Bertz CT molecular complexity index is 765. The molecule has 0 aliphatic carbocycles. The molecular weight excluding hydrogens is 332 g/mol. The Morgan fingerprint density at radius 2 is 2.00 bits per heavy atom. The van der Waals surface area contributed by atoms with Crippen LogP contribution in [0.2, 0.25) is 0 Å². The number of amides is 1. The molecule has 0 unspecified atom stereocenters. The van der Waals surface area contributed by atoms with E-state index in [1.54, 1.807) is 17.9 Å². The van der Waals surface area contributed by atoms with Crippen molar-refractivity contribution in [1.29, 1.82) is 0 Å². The third-order valence-corrected chi connectivity index (χ3v) is 5.47. The number of aromatic nitrogens is 1. The van der Waals surface area contributed by atoms with E-state index in [1.807, 2.05) is 30.3 Å². The molecule has 2 aliphatic rings. The highest BCUT2D eigenvalue weighted by Crippen LogP contribution is 2.43. The number of aliphatic hydroxyl groups excluding tert-OH is 1. The monoisotopic (exact) mass is 356 g/mol. The molecule has 2 atom stereocenters. The lowest BCUT2D eigenvalue weighted by atomic mass is 9.81. The van der Waals surface area contributed by atoms with Gasteiger partial charge in [-0.05, 0) is 25.3 Å². The number of carbonyl (C=O) groups excluding carboxylic acids is 1. The lowest BCUT2D eigenvalue weighted by Gasteiger charge is -2.48. The van der Waals surface area contributed by atoms with Crippen LogP contribution in [0.4, 0.5) is 0 Å². The largest absolute Gasteiger partial charge is 0.393 e. The van der Waals surface area contributed by atoms with Gasteiger partial charge in [-0.15, -0.1) is 0 Å². The average molecular weight is 356 g/mol. The van der Waals surface area contributed by atoms with Crippen LogP contribution in [0.1, 0.15) is 53.6 Å². The molecular formula is C20H24N2O4. The number of aryl methyl sites for hydroxylation is 1. The summed E-state index contributed by atoms with van der Waals surface area (Å²) in [6, 6.07) is 11.7. The number of aliphatic hydroxyl groups is 1. The number of hydrogen-bond donors (Lipinski definition) is 1. The van der Waals surface area contributed by atoms with Crippen LogP contribution in [0.25, 0.3) is 0 Å². The smallest absolute Gasteiger partial charge is 0.276 e. The summed E-state index contributed by atoms with van der Waals surface area (Å²) in [5, 5.41) is 14.3. The fraction of sp³-hybridized carbons (Fsp3) is 0.500. The van der Waals surface area contributed by atoms with E-state index in [-0.39, 0.29) is 23.7 Å². The molecule has 1 spiro atoms.